The smallest absolute Gasteiger partial charge is 0.111 e. The van der Waals surface area contributed by atoms with Crippen LogP contribution < -0.4 is 5.73 Å². The summed E-state index contributed by atoms with van der Waals surface area (Å²) in [6.07, 6.45) is 1.80. The number of aromatic nitrogens is 2. The van der Waals surface area contributed by atoms with Crippen molar-refractivity contribution in [3.05, 3.63) is 30.1 Å². The Bertz CT molecular complexity index is 589. The van der Waals surface area contributed by atoms with E-state index in [1.54, 1.807) is 0 Å². The third-order valence-corrected chi connectivity index (χ3v) is 3.99. The topological polar surface area (TPSA) is 53.1 Å². The summed E-state index contributed by atoms with van der Waals surface area (Å²) in [5, 5.41) is 0. The van der Waals surface area contributed by atoms with Gasteiger partial charge in [-0.2, -0.15) is 0 Å². The normalized spacial score (nSPS) is 13.8. The van der Waals surface area contributed by atoms with E-state index in [4.69, 9.17) is 15.5 Å². The molecular formula is C17H27N3O. The van der Waals surface area contributed by atoms with Gasteiger partial charge in [-0.1, -0.05) is 19.1 Å². The van der Waals surface area contributed by atoms with Gasteiger partial charge in [-0.15, -0.1) is 0 Å². The van der Waals surface area contributed by atoms with Gasteiger partial charge in [0.05, 0.1) is 16.6 Å². The van der Waals surface area contributed by atoms with Crippen LogP contribution in [0.3, 0.4) is 0 Å². The lowest BCUT2D eigenvalue weighted by Crippen LogP contribution is -2.47. The number of aryl methyl sites for hydroxylation is 1. The Labute approximate surface area is 127 Å². The Kier molecular flexibility index (Phi) is 5.01. The highest BCUT2D eigenvalue weighted by Gasteiger charge is 2.28. The zero-order valence-electron chi connectivity index (χ0n) is 13.6. The molecule has 0 aliphatic heterocycles. The molecule has 2 rings (SSSR count). The second-order valence-electron chi connectivity index (χ2n) is 6.02. The van der Waals surface area contributed by atoms with Gasteiger partial charge in [0.1, 0.15) is 5.82 Å². The highest BCUT2D eigenvalue weighted by Crippen LogP contribution is 2.21. The number of benzene rings is 1. The molecule has 0 saturated heterocycles. The quantitative estimate of drug-likeness (QED) is 0.852. The summed E-state index contributed by atoms with van der Waals surface area (Å²) in [6.45, 7) is 9.93. The van der Waals surface area contributed by atoms with Crippen LogP contribution in [0.1, 0.15) is 39.9 Å². The summed E-state index contributed by atoms with van der Waals surface area (Å²) in [5.74, 6) is 1.05. The van der Waals surface area contributed by atoms with Crippen LogP contribution in [-0.2, 0) is 17.7 Å². The highest BCUT2D eigenvalue weighted by molar-refractivity contribution is 5.75. The van der Waals surface area contributed by atoms with Crippen molar-refractivity contribution in [2.75, 3.05) is 6.61 Å². The number of ether oxygens (including phenoxy) is 1. The van der Waals surface area contributed by atoms with Gasteiger partial charge >= 0.3 is 0 Å². The number of nitrogens with two attached hydrogens (primary N) is 1. The van der Waals surface area contributed by atoms with Gasteiger partial charge in [0.25, 0.3) is 0 Å². The number of imidazole rings is 1. The molecule has 0 bridgehead atoms. The molecule has 0 aliphatic carbocycles. The molecule has 21 heavy (non-hydrogen) atoms. The van der Waals surface area contributed by atoms with Crippen molar-refractivity contribution in [1.82, 2.24) is 9.55 Å². The molecule has 1 heterocycles. The van der Waals surface area contributed by atoms with Gasteiger partial charge in [-0.05, 0) is 39.3 Å². The van der Waals surface area contributed by atoms with Crippen LogP contribution >= 0.6 is 0 Å². The minimum Gasteiger partial charge on any atom is -0.374 e. The molecule has 4 heteroatoms. The first-order valence-corrected chi connectivity index (χ1v) is 7.83. The van der Waals surface area contributed by atoms with E-state index in [0.29, 0.717) is 6.61 Å². The molecule has 0 aliphatic rings. The molecule has 1 aromatic carbocycles. The molecule has 4 nitrogen and oxygen atoms in total. The Morgan fingerprint density at radius 2 is 2.00 bits per heavy atom. The van der Waals surface area contributed by atoms with E-state index in [1.807, 2.05) is 26.8 Å². The fourth-order valence-corrected chi connectivity index (χ4v) is 2.68. The van der Waals surface area contributed by atoms with E-state index in [-0.39, 0.29) is 11.6 Å². The van der Waals surface area contributed by atoms with E-state index in [1.165, 1.54) is 5.52 Å². The molecule has 116 valence electrons. The maximum Gasteiger partial charge on any atom is 0.111 e. The summed E-state index contributed by atoms with van der Waals surface area (Å²) in [4.78, 5) is 4.77. The predicted octanol–water partition coefficient (Wildman–Crippen LogP) is 3.13. The summed E-state index contributed by atoms with van der Waals surface area (Å²) in [7, 11) is 0. The number of hydrogen-bond acceptors (Lipinski definition) is 3. The molecule has 0 amide bonds. The summed E-state index contributed by atoms with van der Waals surface area (Å²) >= 11 is 0. The summed E-state index contributed by atoms with van der Waals surface area (Å²) in [6, 6.07) is 8.19. The third-order valence-electron chi connectivity index (χ3n) is 3.99. The van der Waals surface area contributed by atoms with Crippen LogP contribution in [0.2, 0.25) is 0 Å². The zero-order valence-corrected chi connectivity index (χ0v) is 13.6. The molecule has 0 spiro atoms. The predicted molar refractivity (Wildman–Crippen MR) is 87.4 cm³/mol. The standard InChI is InChI=1S/C17H27N3O/c1-5-11-20-14-10-8-7-9-13(14)19-16(20)12-15(18)17(3,4)21-6-2/h7-10,15H,5-6,11-12,18H2,1-4H3. The van der Waals surface area contributed by atoms with E-state index in [2.05, 4.69) is 29.7 Å². The van der Waals surface area contributed by atoms with Crippen molar-refractivity contribution < 1.29 is 4.74 Å². The van der Waals surface area contributed by atoms with E-state index < -0.39 is 0 Å². The lowest BCUT2D eigenvalue weighted by atomic mass is 9.96. The van der Waals surface area contributed by atoms with Crippen molar-refractivity contribution in [2.24, 2.45) is 5.73 Å². The maximum absolute atomic E-state index is 6.38. The minimum atomic E-state index is -0.343. The molecule has 2 N–H and O–H groups in total. The second-order valence-corrected chi connectivity index (χ2v) is 6.02. The highest BCUT2D eigenvalue weighted by atomic mass is 16.5. The van der Waals surface area contributed by atoms with E-state index in [9.17, 15) is 0 Å². The molecule has 0 saturated carbocycles. The largest absolute Gasteiger partial charge is 0.374 e. The molecule has 1 aromatic heterocycles. The second kappa shape index (κ2) is 6.58. The van der Waals surface area contributed by atoms with Gasteiger partial charge < -0.3 is 15.0 Å². The van der Waals surface area contributed by atoms with Gasteiger partial charge in [-0.25, -0.2) is 4.98 Å². The number of hydrogen-bond donors (Lipinski definition) is 1. The van der Waals surface area contributed by atoms with Crippen LogP contribution in [0, 0.1) is 0 Å². The SMILES string of the molecule is CCCn1c(CC(N)C(C)(C)OCC)nc2ccccc21. The van der Waals surface area contributed by atoms with Crippen molar-refractivity contribution in [2.45, 2.75) is 58.7 Å². The fourth-order valence-electron chi connectivity index (χ4n) is 2.68. The Morgan fingerprint density at radius 1 is 1.29 bits per heavy atom. The first-order valence-electron chi connectivity index (χ1n) is 7.83. The minimum absolute atomic E-state index is 0.0788. The first-order chi connectivity index (χ1) is 9.99. The zero-order chi connectivity index (χ0) is 15.5. The Morgan fingerprint density at radius 3 is 2.67 bits per heavy atom. The molecule has 0 radical (unpaired) electrons. The monoisotopic (exact) mass is 289 g/mol. The summed E-state index contributed by atoms with van der Waals surface area (Å²) < 4.78 is 8.06. The number of rotatable bonds is 7. The molecule has 1 unspecified atom stereocenters. The van der Waals surface area contributed by atoms with Gasteiger partial charge in [0, 0.05) is 25.6 Å². The lowest BCUT2D eigenvalue weighted by Gasteiger charge is -2.31. The molecular weight excluding hydrogens is 262 g/mol. The third kappa shape index (κ3) is 3.44. The summed E-state index contributed by atoms with van der Waals surface area (Å²) in [5.41, 5.74) is 8.27. The Balaban J connectivity index is 2.31. The number of nitrogens with zero attached hydrogens (tertiary/aromatic N) is 2. The van der Waals surface area contributed by atoms with Gasteiger partial charge in [-0.3, -0.25) is 0 Å². The van der Waals surface area contributed by atoms with Crippen molar-refractivity contribution in [3.63, 3.8) is 0 Å². The molecule has 2 aromatic rings. The average molecular weight is 289 g/mol. The number of fused-ring (bicyclic) bond motifs is 1. The van der Waals surface area contributed by atoms with E-state index in [0.717, 1.165) is 30.7 Å². The van der Waals surface area contributed by atoms with Crippen molar-refractivity contribution >= 4 is 11.0 Å². The van der Waals surface area contributed by atoms with E-state index >= 15 is 0 Å². The molecule has 1 atom stereocenters. The van der Waals surface area contributed by atoms with Crippen LogP contribution in [0.25, 0.3) is 11.0 Å². The van der Waals surface area contributed by atoms with Crippen LogP contribution in [0.5, 0.6) is 0 Å². The maximum atomic E-state index is 6.38. The average Bonchev–Trinajstić information content (AvgIpc) is 2.77. The Hall–Kier alpha value is -1.39. The lowest BCUT2D eigenvalue weighted by molar-refractivity contribution is -0.0293. The van der Waals surface area contributed by atoms with Gasteiger partial charge in [0.15, 0.2) is 0 Å². The van der Waals surface area contributed by atoms with Crippen molar-refractivity contribution in [1.29, 1.82) is 0 Å². The number of para-hydroxylation sites is 2. The van der Waals surface area contributed by atoms with Gasteiger partial charge in [0.2, 0.25) is 0 Å². The fraction of sp³-hybridized carbons (Fsp3) is 0.588. The first kappa shape index (κ1) is 16.0. The van der Waals surface area contributed by atoms with Crippen LogP contribution in [0.4, 0.5) is 0 Å². The van der Waals surface area contributed by atoms with Crippen molar-refractivity contribution in [3.8, 4) is 0 Å². The molecule has 0 fully saturated rings. The van der Waals surface area contributed by atoms with Crippen LogP contribution in [-0.4, -0.2) is 27.8 Å². The van der Waals surface area contributed by atoms with Crippen LogP contribution in [0.15, 0.2) is 24.3 Å².